The Hall–Kier alpha value is -2.53. The van der Waals surface area contributed by atoms with Crippen molar-refractivity contribution in [2.75, 3.05) is 11.1 Å². The predicted molar refractivity (Wildman–Crippen MR) is 100 cm³/mol. The SMILES string of the molecule is Cc1cc(-c2ccc(C(=O)Nc3cc(N)ccc3C)o2)ccc1Br. The molecule has 0 spiro atoms. The number of amides is 1. The van der Waals surface area contributed by atoms with Crippen LogP contribution >= 0.6 is 15.9 Å². The fraction of sp³-hybridized carbons (Fsp3) is 0.105. The molecule has 0 unspecified atom stereocenters. The molecule has 0 radical (unpaired) electrons. The molecule has 0 bridgehead atoms. The number of carbonyl (C=O) groups is 1. The molecule has 0 saturated carbocycles. The zero-order valence-corrected chi connectivity index (χ0v) is 15.0. The Morgan fingerprint density at radius 2 is 1.83 bits per heavy atom. The standard InChI is InChI=1S/C19H17BrN2O2/c1-11-3-5-14(21)10-16(11)22-19(23)18-8-7-17(24-18)13-4-6-15(20)12(2)9-13/h3-10H,21H2,1-2H3,(H,22,23). The third kappa shape index (κ3) is 3.36. The summed E-state index contributed by atoms with van der Waals surface area (Å²) in [4.78, 5) is 12.4. The van der Waals surface area contributed by atoms with Gasteiger partial charge in [0.25, 0.3) is 5.91 Å². The number of hydrogen-bond acceptors (Lipinski definition) is 3. The number of rotatable bonds is 3. The van der Waals surface area contributed by atoms with Gasteiger partial charge in [0.05, 0.1) is 0 Å². The highest BCUT2D eigenvalue weighted by molar-refractivity contribution is 9.10. The Bertz CT molecular complexity index is 915. The number of benzene rings is 2. The normalized spacial score (nSPS) is 10.6. The van der Waals surface area contributed by atoms with Gasteiger partial charge in [0, 0.05) is 21.4 Å². The molecular formula is C19H17BrN2O2. The number of aryl methyl sites for hydroxylation is 2. The maximum Gasteiger partial charge on any atom is 0.291 e. The third-order valence-electron chi connectivity index (χ3n) is 3.78. The highest BCUT2D eigenvalue weighted by atomic mass is 79.9. The number of carbonyl (C=O) groups excluding carboxylic acids is 1. The van der Waals surface area contributed by atoms with Gasteiger partial charge < -0.3 is 15.5 Å². The molecule has 0 atom stereocenters. The number of halogens is 1. The number of anilines is 2. The van der Waals surface area contributed by atoms with Gasteiger partial charge in [-0.2, -0.15) is 0 Å². The number of nitrogens with one attached hydrogen (secondary N) is 1. The van der Waals surface area contributed by atoms with Crippen molar-refractivity contribution in [3.05, 3.63) is 69.9 Å². The van der Waals surface area contributed by atoms with Crippen molar-refractivity contribution in [3.63, 3.8) is 0 Å². The van der Waals surface area contributed by atoms with Crippen LogP contribution in [0.15, 0.2) is 57.4 Å². The molecule has 1 aromatic heterocycles. The van der Waals surface area contributed by atoms with Crippen LogP contribution in [-0.4, -0.2) is 5.91 Å². The molecule has 0 aliphatic heterocycles. The highest BCUT2D eigenvalue weighted by Gasteiger charge is 2.14. The van der Waals surface area contributed by atoms with E-state index < -0.39 is 0 Å². The van der Waals surface area contributed by atoms with Crippen molar-refractivity contribution in [1.29, 1.82) is 0 Å². The quantitative estimate of drug-likeness (QED) is 0.612. The van der Waals surface area contributed by atoms with Crippen molar-refractivity contribution in [1.82, 2.24) is 0 Å². The van der Waals surface area contributed by atoms with Gasteiger partial charge in [0.1, 0.15) is 5.76 Å². The van der Waals surface area contributed by atoms with E-state index in [2.05, 4.69) is 21.2 Å². The lowest BCUT2D eigenvalue weighted by molar-refractivity contribution is 0.0997. The second-order valence-corrected chi connectivity index (χ2v) is 6.51. The average molecular weight is 385 g/mol. The maximum atomic E-state index is 12.4. The topological polar surface area (TPSA) is 68.3 Å². The summed E-state index contributed by atoms with van der Waals surface area (Å²) in [6.07, 6.45) is 0. The van der Waals surface area contributed by atoms with E-state index in [4.69, 9.17) is 10.2 Å². The van der Waals surface area contributed by atoms with Gasteiger partial charge in [-0.3, -0.25) is 4.79 Å². The number of nitrogen functional groups attached to an aromatic ring is 1. The summed E-state index contributed by atoms with van der Waals surface area (Å²) in [6, 6.07) is 14.8. The van der Waals surface area contributed by atoms with Crippen LogP contribution in [0.3, 0.4) is 0 Å². The van der Waals surface area contributed by atoms with E-state index in [-0.39, 0.29) is 11.7 Å². The molecule has 1 heterocycles. The average Bonchev–Trinajstić information content (AvgIpc) is 3.03. The summed E-state index contributed by atoms with van der Waals surface area (Å²) in [5.74, 6) is 0.608. The minimum Gasteiger partial charge on any atom is -0.451 e. The Balaban J connectivity index is 1.83. The summed E-state index contributed by atoms with van der Waals surface area (Å²) in [5, 5.41) is 2.83. The molecule has 0 fully saturated rings. The summed E-state index contributed by atoms with van der Waals surface area (Å²) < 4.78 is 6.75. The molecule has 3 aromatic rings. The van der Waals surface area contributed by atoms with E-state index in [1.807, 2.05) is 38.1 Å². The van der Waals surface area contributed by atoms with Crippen molar-refractivity contribution in [2.24, 2.45) is 0 Å². The van der Waals surface area contributed by atoms with Crippen molar-refractivity contribution in [3.8, 4) is 11.3 Å². The minimum atomic E-state index is -0.302. The van der Waals surface area contributed by atoms with Gasteiger partial charge in [-0.1, -0.05) is 28.1 Å². The van der Waals surface area contributed by atoms with Crippen LogP contribution in [0.2, 0.25) is 0 Å². The molecule has 3 rings (SSSR count). The molecule has 24 heavy (non-hydrogen) atoms. The van der Waals surface area contributed by atoms with Gasteiger partial charge >= 0.3 is 0 Å². The number of furan rings is 1. The van der Waals surface area contributed by atoms with Crippen LogP contribution in [0, 0.1) is 13.8 Å². The van der Waals surface area contributed by atoms with E-state index >= 15 is 0 Å². The molecule has 2 aromatic carbocycles. The number of nitrogens with two attached hydrogens (primary N) is 1. The molecule has 0 aliphatic carbocycles. The van der Waals surface area contributed by atoms with Crippen LogP contribution in [0.4, 0.5) is 11.4 Å². The number of hydrogen-bond donors (Lipinski definition) is 2. The van der Waals surface area contributed by atoms with E-state index in [9.17, 15) is 4.79 Å². The molecule has 0 aliphatic rings. The molecule has 4 nitrogen and oxygen atoms in total. The summed E-state index contributed by atoms with van der Waals surface area (Å²) >= 11 is 3.48. The lowest BCUT2D eigenvalue weighted by Crippen LogP contribution is -2.12. The largest absolute Gasteiger partial charge is 0.451 e. The van der Waals surface area contributed by atoms with E-state index in [0.717, 1.165) is 21.2 Å². The summed E-state index contributed by atoms with van der Waals surface area (Å²) in [6.45, 7) is 3.92. The maximum absolute atomic E-state index is 12.4. The van der Waals surface area contributed by atoms with E-state index in [1.54, 1.807) is 24.3 Å². The highest BCUT2D eigenvalue weighted by Crippen LogP contribution is 2.27. The van der Waals surface area contributed by atoms with Gasteiger partial charge in [-0.15, -0.1) is 0 Å². The Kier molecular flexibility index (Phi) is 4.44. The monoisotopic (exact) mass is 384 g/mol. The van der Waals surface area contributed by atoms with Crippen LogP contribution in [0.5, 0.6) is 0 Å². The smallest absolute Gasteiger partial charge is 0.291 e. The van der Waals surface area contributed by atoms with Crippen LogP contribution in [0.25, 0.3) is 11.3 Å². The first kappa shape index (κ1) is 16.3. The lowest BCUT2D eigenvalue weighted by Gasteiger charge is -2.08. The molecule has 0 saturated heterocycles. The molecule has 1 amide bonds. The Morgan fingerprint density at radius 1 is 1.04 bits per heavy atom. The first-order valence-electron chi connectivity index (χ1n) is 7.48. The first-order valence-corrected chi connectivity index (χ1v) is 8.27. The lowest BCUT2D eigenvalue weighted by atomic mass is 10.1. The molecule has 122 valence electrons. The van der Waals surface area contributed by atoms with Crippen molar-refractivity contribution < 1.29 is 9.21 Å². The van der Waals surface area contributed by atoms with Gasteiger partial charge in [-0.05, 0) is 61.4 Å². The molecule has 5 heteroatoms. The summed E-state index contributed by atoms with van der Waals surface area (Å²) in [7, 11) is 0. The van der Waals surface area contributed by atoms with Gasteiger partial charge in [-0.25, -0.2) is 0 Å². The van der Waals surface area contributed by atoms with Crippen molar-refractivity contribution >= 4 is 33.2 Å². The van der Waals surface area contributed by atoms with Gasteiger partial charge in [0.2, 0.25) is 0 Å². The first-order chi connectivity index (χ1) is 11.4. The van der Waals surface area contributed by atoms with Gasteiger partial charge in [0.15, 0.2) is 5.76 Å². The fourth-order valence-electron chi connectivity index (χ4n) is 2.37. The minimum absolute atomic E-state index is 0.257. The summed E-state index contributed by atoms with van der Waals surface area (Å²) in [5.41, 5.74) is 10.0. The second kappa shape index (κ2) is 6.53. The Labute approximate surface area is 148 Å². The van der Waals surface area contributed by atoms with E-state index in [0.29, 0.717) is 17.1 Å². The predicted octanol–water partition coefficient (Wildman–Crippen LogP) is 5.16. The molecule has 3 N–H and O–H groups in total. The zero-order chi connectivity index (χ0) is 17.3. The zero-order valence-electron chi connectivity index (χ0n) is 13.4. The van der Waals surface area contributed by atoms with E-state index in [1.165, 1.54) is 0 Å². The van der Waals surface area contributed by atoms with Crippen LogP contribution < -0.4 is 11.1 Å². The van der Waals surface area contributed by atoms with Crippen molar-refractivity contribution in [2.45, 2.75) is 13.8 Å². The van der Waals surface area contributed by atoms with Crippen LogP contribution in [0.1, 0.15) is 21.7 Å². The van der Waals surface area contributed by atoms with Crippen LogP contribution in [-0.2, 0) is 0 Å². The second-order valence-electron chi connectivity index (χ2n) is 5.66. The molecular weight excluding hydrogens is 368 g/mol. The fourth-order valence-corrected chi connectivity index (χ4v) is 2.62. The third-order valence-corrected chi connectivity index (χ3v) is 4.67. The Morgan fingerprint density at radius 3 is 2.58 bits per heavy atom.